The van der Waals surface area contributed by atoms with Crippen LogP contribution in [-0.2, 0) is 0 Å². The Morgan fingerprint density at radius 1 is 1.10 bits per heavy atom. The third-order valence-corrected chi connectivity index (χ3v) is 6.32. The number of nitrogens with zero attached hydrogens (tertiary/aromatic N) is 1. The van der Waals surface area contributed by atoms with E-state index < -0.39 is 40.2 Å². The predicted molar refractivity (Wildman–Crippen MR) is 107 cm³/mol. The van der Waals surface area contributed by atoms with Crippen LogP contribution >= 0.6 is 0 Å². The van der Waals surface area contributed by atoms with E-state index in [9.17, 15) is 23.1 Å². The van der Waals surface area contributed by atoms with Crippen LogP contribution in [0.5, 0.6) is 0 Å². The molecule has 0 atom stereocenters. The van der Waals surface area contributed by atoms with Gasteiger partial charge in [0.2, 0.25) is 0 Å². The van der Waals surface area contributed by atoms with E-state index in [0.29, 0.717) is 18.4 Å². The van der Waals surface area contributed by atoms with Gasteiger partial charge in [-0.25, -0.2) is 13.2 Å². The van der Waals surface area contributed by atoms with E-state index in [1.54, 1.807) is 13.0 Å². The summed E-state index contributed by atoms with van der Waals surface area (Å²) in [6.07, 6.45) is 3.20. The van der Waals surface area contributed by atoms with Gasteiger partial charge in [0.1, 0.15) is 11.4 Å². The van der Waals surface area contributed by atoms with Crippen molar-refractivity contribution < 1.29 is 23.1 Å². The van der Waals surface area contributed by atoms with Crippen molar-refractivity contribution in [3.05, 3.63) is 58.9 Å². The number of nitrogens with one attached hydrogen (secondary N) is 1. The van der Waals surface area contributed by atoms with Crippen LogP contribution in [0.4, 0.5) is 24.5 Å². The highest BCUT2D eigenvalue weighted by Gasteiger charge is 2.57. The van der Waals surface area contributed by atoms with Crippen LogP contribution in [0.2, 0.25) is 0 Å². The van der Waals surface area contributed by atoms with Crippen molar-refractivity contribution in [1.82, 2.24) is 4.90 Å². The summed E-state index contributed by atoms with van der Waals surface area (Å²) in [5.74, 6) is -3.67. The molecule has 1 saturated carbocycles. The molecular weight excluding hydrogens is 395 g/mol. The van der Waals surface area contributed by atoms with Crippen LogP contribution in [0.3, 0.4) is 0 Å². The average Bonchev–Trinajstić information content (AvgIpc) is 3.12. The highest BCUT2D eigenvalue weighted by molar-refractivity contribution is 6.01. The molecule has 30 heavy (non-hydrogen) atoms. The van der Waals surface area contributed by atoms with Crippen LogP contribution in [0.1, 0.15) is 41.6 Å². The first kappa shape index (κ1) is 20.7. The maximum atomic E-state index is 14.6. The van der Waals surface area contributed by atoms with Gasteiger partial charge in [-0.3, -0.25) is 4.79 Å². The summed E-state index contributed by atoms with van der Waals surface area (Å²) < 4.78 is 42.7. The molecule has 2 aromatic rings. The maximum absolute atomic E-state index is 14.6. The van der Waals surface area contributed by atoms with Crippen molar-refractivity contribution in [3.63, 3.8) is 0 Å². The molecule has 2 fully saturated rings. The minimum atomic E-state index is -1.28. The van der Waals surface area contributed by atoms with Gasteiger partial charge in [-0.2, -0.15) is 0 Å². The molecule has 0 radical (unpaired) electrons. The van der Waals surface area contributed by atoms with Gasteiger partial charge in [0, 0.05) is 5.54 Å². The molecule has 0 bridgehead atoms. The maximum Gasteiger partial charge on any atom is 0.256 e. The summed E-state index contributed by atoms with van der Waals surface area (Å²) in [5, 5.41) is 13.4. The Balaban J connectivity index is 1.60. The molecule has 2 aromatic carbocycles. The summed E-state index contributed by atoms with van der Waals surface area (Å²) in [6, 6.07) is 6.26. The molecule has 160 valence electrons. The summed E-state index contributed by atoms with van der Waals surface area (Å²) in [5.41, 5.74) is 4.40. The Bertz CT molecular complexity index is 999. The van der Waals surface area contributed by atoms with E-state index in [0.717, 1.165) is 25.0 Å². The molecule has 4 N–H and O–H groups in total. The second-order valence-electron chi connectivity index (χ2n) is 8.45. The Morgan fingerprint density at radius 2 is 1.77 bits per heavy atom. The zero-order chi connectivity index (χ0) is 21.7. The number of hydrogen-bond acceptors (Lipinski definition) is 4. The number of likely N-dealkylation sites (tertiary alicyclic amines) is 1. The number of carbonyl (C=O) groups excluding carboxylic acids is 1. The zero-order valence-electron chi connectivity index (χ0n) is 16.6. The van der Waals surface area contributed by atoms with E-state index in [-0.39, 0.29) is 24.3 Å². The number of amides is 1. The number of benzene rings is 2. The lowest BCUT2D eigenvalue weighted by molar-refractivity contribution is -0.128. The summed E-state index contributed by atoms with van der Waals surface area (Å²) in [6.45, 7) is 1.73. The molecule has 8 heteroatoms. The largest absolute Gasteiger partial charge is 0.384 e. The third kappa shape index (κ3) is 3.33. The molecule has 1 aliphatic heterocycles. The fraction of sp³-hybridized carbons (Fsp3) is 0.409. The molecule has 4 rings (SSSR count). The molecule has 1 amide bonds. The smallest absolute Gasteiger partial charge is 0.256 e. The molecule has 5 nitrogen and oxygen atoms in total. The van der Waals surface area contributed by atoms with Crippen molar-refractivity contribution >= 4 is 17.3 Å². The second kappa shape index (κ2) is 7.28. The van der Waals surface area contributed by atoms with Gasteiger partial charge < -0.3 is 21.1 Å². The monoisotopic (exact) mass is 419 g/mol. The lowest BCUT2D eigenvalue weighted by atomic mass is 9.73. The quantitative estimate of drug-likeness (QED) is 0.708. The van der Waals surface area contributed by atoms with Gasteiger partial charge >= 0.3 is 0 Å². The number of aryl methyl sites for hydroxylation is 1. The van der Waals surface area contributed by atoms with E-state index in [1.165, 1.54) is 17.0 Å². The minimum absolute atomic E-state index is 0.0136. The number of carbonyl (C=O) groups is 1. The molecule has 1 aliphatic carbocycles. The SMILES string of the molecule is Cc1ccc(Nc2c(C(=O)N3CC(O)(C4(N)CCCC4)C3)ccc(F)c2F)c(F)c1. The normalized spacial score (nSPS) is 19.5. The molecule has 1 saturated heterocycles. The topological polar surface area (TPSA) is 78.6 Å². The Hall–Kier alpha value is -2.58. The Morgan fingerprint density at radius 3 is 2.40 bits per heavy atom. The van der Waals surface area contributed by atoms with Crippen molar-refractivity contribution in [2.75, 3.05) is 18.4 Å². The fourth-order valence-corrected chi connectivity index (χ4v) is 4.39. The fourth-order valence-electron chi connectivity index (χ4n) is 4.39. The molecule has 2 aliphatic rings. The van der Waals surface area contributed by atoms with Crippen LogP contribution in [-0.4, -0.2) is 40.1 Å². The first-order valence-corrected chi connectivity index (χ1v) is 9.95. The van der Waals surface area contributed by atoms with Gasteiger partial charge in [-0.15, -0.1) is 0 Å². The van der Waals surface area contributed by atoms with Crippen molar-refractivity contribution in [1.29, 1.82) is 0 Å². The van der Waals surface area contributed by atoms with E-state index in [1.807, 2.05) is 0 Å². The Labute approximate surface area is 172 Å². The van der Waals surface area contributed by atoms with Crippen LogP contribution in [0, 0.1) is 24.4 Å². The lowest BCUT2D eigenvalue weighted by Crippen LogP contribution is -2.76. The standard InChI is InChI=1S/C22H24F3N3O2/c1-13-4-7-17(16(24)10-13)27-19-14(5-6-15(23)18(19)25)20(29)28-11-22(30,12-28)21(26)8-2-3-9-21/h4-7,10,27,30H,2-3,8-9,11-12,26H2,1H3. The van der Waals surface area contributed by atoms with Crippen molar-refractivity contribution in [2.24, 2.45) is 5.73 Å². The zero-order valence-corrected chi connectivity index (χ0v) is 16.6. The minimum Gasteiger partial charge on any atom is -0.384 e. The van der Waals surface area contributed by atoms with Crippen molar-refractivity contribution in [3.8, 4) is 0 Å². The molecular formula is C22H24F3N3O2. The number of anilines is 2. The molecule has 1 heterocycles. The van der Waals surface area contributed by atoms with E-state index >= 15 is 0 Å². The third-order valence-electron chi connectivity index (χ3n) is 6.32. The van der Waals surface area contributed by atoms with Gasteiger partial charge in [-0.05, 0) is 49.6 Å². The number of halogens is 3. The van der Waals surface area contributed by atoms with Gasteiger partial charge in [0.15, 0.2) is 11.6 Å². The summed E-state index contributed by atoms with van der Waals surface area (Å²) in [4.78, 5) is 14.3. The van der Waals surface area contributed by atoms with E-state index in [4.69, 9.17) is 5.73 Å². The molecule has 0 unspecified atom stereocenters. The second-order valence-corrected chi connectivity index (χ2v) is 8.45. The highest BCUT2D eigenvalue weighted by Crippen LogP contribution is 2.42. The number of aliphatic hydroxyl groups is 1. The number of rotatable bonds is 4. The van der Waals surface area contributed by atoms with Crippen LogP contribution in [0.25, 0.3) is 0 Å². The number of hydrogen-bond donors (Lipinski definition) is 3. The molecule has 0 spiro atoms. The number of β-amino-alcohol motifs (C(OH)–C–C–N with tert-alkyl or cyclic N) is 1. The lowest BCUT2D eigenvalue weighted by Gasteiger charge is -2.54. The Kier molecular flexibility index (Phi) is 5.02. The first-order chi connectivity index (χ1) is 14.1. The van der Waals surface area contributed by atoms with Gasteiger partial charge in [-0.1, -0.05) is 18.9 Å². The van der Waals surface area contributed by atoms with E-state index in [2.05, 4.69) is 5.32 Å². The van der Waals surface area contributed by atoms with Gasteiger partial charge in [0.05, 0.1) is 30.0 Å². The van der Waals surface area contributed by atoms with Crippen LogP contribution in [0.15, 0.2) is 30.3 Å². The van der Waals surface area contributed by atoms with Gasteiger partial charge in [0.25, 0.3) is 5.91 Å². The average molecular weight is 419 g/mol. The highest BCUT2D eigenvalue weighted by atomic mass is 19.2. The predicted octanol–water partition coefficient (Wildman–Crippen LogP) is 3.61. The van der Waals surface area contributed by atoms with Crippen LogP contribution < -0.4 is 11.1 Å². The summed E-state index contributed by atoms with van der Waals surface area (Å²) in [7, 11) is 0. The molecule has 0 aromatic heterocycles. The first-order valence-electron chi connectivity index (χ1n) is 9.95. The van der Waals surface area contributed by atoms with Crippen molar-refractivity contribution in [2.45, 2.75) is 43.7 Å². The number of nitrogens with two attached hydrogens (primary N) is 1. The summed E-state index contributed by atoms with van der Waals surface area (Å²) >= 11 is 0.